The van der Waals surface area contributed by atoms with E-state index in [2.05, 4.69) is 25.3 Å². The van der Waals surface area contributed by atoms with Gasteiger partial charge in [-0.05, 0) is 35.6 Å². The number of halogens is 1. The van der Waals surface area contributed by atoms with Crippen molar-refractivity contribution in [3.8, 4) is 23.0 Å². The monoisotopic (exact) mass is 459 g/mol. The molecule has 0 bridgehead atoms. The quantitative estimate of drug-likeness (QED) is 0.572. The molecule has 0 saturated heterocycles. The molecule has 11 heteroatoms. The third kappa shape index (κ3) is 3.77. The molecular weight excluding hydrogens is 442 g/mol. The first-order valence-electron chi connectivity index (χ1n) is 9.66. The molecule has 0 fully saturated rings. The molecular formula is C20H18ClN5O4S. The van der Waals surface area contributed by atoms with E-state index in [0.29, 0.717) is 12.1 Å². The number of sulfone groups is 1. The molecule has 0 atom stereocenters. The second kappa shape index (κ2) is 7.31. The molecule has 0 unspecified atom stereocenters. The van der Waals surface area contributed by atoms with E-state index in [9.17, 15) is 13.2 Å². The van der Waals surface area contributed by atoms with Crippen molar-refractivity contribution >= 4 is 27.3 Å². The van der Waals surface area contributed by atoms with Crippen molar-refractivity contribution in [2.75, 3.05) is 12.8 Å². The molecule has 0 aromatic carbocycles. The number of aromatic nitrogens is 4. The third-order valence-corrected chi connectivity index (χ3v) is 6.38. The highest BCUT2D eigenvalue weighted by molar-refractivity contribution is 7.89. The Hall–Kier alpha value is -2.98. The summed E-state index contributed by atoms with van der Waals surface area (Å²) in [7, 11) is -3.33. The fraction of sp³-hybridized carbons (Fsp3) is 0.300. The van der Waals surface area contributed by atoms with Gasteiger partial charge < -0.3 is 15.0 Å². The van der Waals surface area contributed by atoms with Gasteiger partial charge in [0, 0.05) is 54.5 Å². The summed E-state index contributed by atoms with van der Waals surface area (Å²) in [6.45, 7) is 0.611. The van der Waals surface area contributed by atoms with Crippen LogP contribution in [-0.2, 0) is 34.9 Å². The highest BCUT2D eigenvalue weighted by atomic mass is 35.5. The maximum absolute atomic E-state index is 12.4. The van der Waals surface area contributed by atoms with Gasteiger partial charge >= 0.3 is 0 Å². The van der Waals surface area contributed by atoms with Crippen molar-refractivity contribution in [2.45, 2.75) is 25.0 Å². The Labute approximate surface area is 183 Å². The number of hydrogen-bond acceptors (Lipinski definition) is 7. The van der Waals surface area contributed by atoms with Gasteiger partial charge in [-0.15, -0.1) is 0 Å². The minimum atomic E-state index is -3.33. The van der Waals surface area contributed by atoms with Crippen LogP contribution in [0.1, 0.15) is 32.7 Å². The number of hydrogen-bond donors (Lipinski definition) is 2. The van der Waals surface area contributed by atoms with E-state index in [4.69, 9.17) is 16.3 Å². The molecule has 31 heavy (non-hydrogen) atoms. The SMILES string of the molecule is CS(=O)(=O)Cc1cnc(Cl)nc1Oc1cc2c(cn1)CCc1c-2[nH]c2c1C(=O)NCC2. The number of nitrogens with zero attached hydrogens (tertiary/aromatic N) is 3. The second-order valence-electron chi connectivity index (χ2n) is 7.66. The van der Waals surface area contributed by atoms with E-state index < -0.39 is 9.84 Å². The first-order chi connectivity index (χ1) is 14.8. The third-order valence-electron chi connectivity index (χ3n) is 5.36. The van der Waals surface area contributed by atoms with Crippen molar-refractivity contribution in [3.05, 3.63) is 51.7 Å². The maximum atomic E-state index is 12.4. The van der Waals surface area contributed by atoms with Crippen LogP contribution in [0.4, 0.5) is 0 Å². The van der Waals surface area contributed by atoms with Gasteiger partial charge in [0.05, 0.1) is 17.0 Å². The lowest BCUT2D eigenvalue weighted by molar-refractivity contribution is 0.0945. The average molecular weight is 460 g/mol. The topological polar surface area (TPSA) is 127 Å². The van der Waals surface area contributed by atoms with Gasteiger partial charge in [0.1, 0.15) is 0 Å². The Bertz CT molecular complexity index is 1340. The van der Waals surface area contributed by atoms with Crippen molar-refractivity contribution in [3.63, 3.8) is 0 Å². The Morgan fingerprint density at radius 3 is 2.84 bits per heavy atom. The predicted molar refractivity (Wildman–Crippen MR) is 113 cm³/mol. The van der Waals surface area contributed by atoms with Crippen molar-refractivity contribution in [1.29, 1.82) is 0 Å². The number of H-pyrrole nitrogens is 1. The normalized spacial score (nSPS) is 15.0. The number of carbonyl (C=O) groups excluding carboxylic acids is 1. The van der Waals surface area contributed by atoms with Crippen LogP contribution < -0.4 is 10.1 Å². The molecule has 4 heterocycles. The molecule has 3 aromatic heterocycles. The van der Waals surface area contributed by atoms with Crippen LogP contribution in [0.2, 0.25) is 5.28 Å². The Morgan fingerprint density at radius 2 is 2.03 bits per heavy atom. The van der Waals surface area contributed by atoms with Gasteiger partial charge in [-0.1, -0.05) is 0 Å². The molecule has 3 aromatic rings. The van der Waals surface area contributed by atoms with Gasteiger partial charge in [-0.2, -0.15) is 4.98 Å². The van der Waals surface area contributed by atoms with Gasteiger partial charge in [0.25, 0.3) is 5.91 Å². The molecule has 5 rings (SSSR count). The summed E-state index contributed by atoms with van der Waals surface area (Å²) >= 11 is 5.89. The number of rotatable bonds is 4. The molecule has 2 N–H and O–H groups in total. The zero-order valence-electron chi connectivity index (χ0n) is 16.5. The van der Waals surface area contributed by atoms with Crippen LogP contribution in [-0.4, -0.2) is 47.1 Å². The van der Waals surface area contributed by atoms with E-state index in [1.807, 2.05) is 0 Å². The lowest BCUT2D eigenvalue weighted by Crippen LogP contribution is -2.32. The maximum Gasteiger partial charge on any atom is 0.253 e. The van der Waals surface area contributed by atoms with Crippen LogP contribution >= 0.6 is 11.6 Å². The molecule has 0 saturated carbocycles. The number of carbonyl (C=O) groups is 1. The fourth-order valence-corrected chi connectivity index (χ4v) is 4.97. The summed E-state index contributed by atoms with van der Waals surface area (Å²) in [4.78, 5) is 28.0. The number of nitrogens with one attached hydrogen (secondary N) is 2. The first kappa shape index (κ1) is 20.0. The smallest absolute Gasteiger partial charge is 0.253 e. The van der Waals surface area contributed by atoms with E-state index in [1.54, 1.807) is 12.3 Å². The van der Waals surface area contributed by atoms with E-state index in [0.717, 1.165) is 59.2 Å². The van der Waals surface area contributed by atoms with Crippen LogP contribution in [0, 0.1) is 0 Å². The Kier molecular flexibility index (Phi) is 4.71. The summed E-state index contributed by atoms with van der Waals surface area (Å²) in [5, 5.41) is 2.84. The van der Waals surface area contributed by atoms with Crippen molar-refractivity contribution in [1.82, 2.24) is 25.3 Å². The zero-order chi connectivity index (χ0) is 21.8. The number of pyridine rings is 1. The number of amides is 1. The molecule has 1 amide bonds. The summed E-state index contributed by atoms with van der Waals surface area (Å²) in [6.07, 6.45) is 6.45. The van der Waals surface area contributed by atoms with Crippen molar-refractivity contribution in [2.24, 2.45) is 0 Å². The van der Waals surface area contributed by atoms with Crippen LogP contribution in [0.3, 0.4) is 0 Å². The van der Waals surface area contributed by atoms with E-state index in [1.165, 1.54) is 6.20 Å². The van der Waals surface area contributed by atoms with Gasteiger partial charge in [-0.3, -0.25) is 4.79 Å². The zero-order valence-corrected chi connectivity index (χ0v) is 18.1. The predicted octanol–water partition coefficient (Wildman–Crippen LogP) is 2.24. The van der Waals surface area contributed by atoms with Gasteiger partial charge in [0.2, 0.25) is 17.0 Å². The number of ether oxygens (including phenoxy) is 1. The standard InChI is InChI=1S/C20H18ClN5O4S/c1-31(28,29)9-11-8-24-20(21)26-19(11)30-15-6-13-10(7-23-15)2-3-12-16-14(25-17(12)13)4-5-22-18(16)27/h6-8,25H,2-5,9H2,1H3,(H,22,27). The minimum absolute atomic E-state index is 0.0408. The van der Waals surface area contributed by atoms with E-state index in [-0.39, 0.29) is 28.7 Å². The minimum Gasteiger partial charge on any atom is -0.420 e. The molecule has 0 spiro atoms. The lowest BCUT2D eigenvalue weighted by atomic mass is 9.88. The van der Waals surface area contributed by atoms with Gasteiger partial charge in [-0.25, -0.2) is 18.4 Å². The molecule has 160 valence electrons. The molecule has 2 aliphatic rings. The average Bonchev–Trinajstić information content (AvgIpc) is 3.09. The van der Waals surface area contributed by atoms with Crippen LogP contribution in [0.25, 0.3) is 11.3 Å². The highest BCUT2D eigenvalue weighted by Crippen LogP contribution is 2.39. The van der Waals surface area contributed by atoms with Gasteiger partial charge in [0.15, 0.2) is 9.84 Å². The summed E-state index contributed by atoms with van der Waals surface area (Å²) in [6, 6.07) is 1.77. The highest BCUT2D eigenvalue weighted by Gasteiger charge is 2.30. The Morgan fingerprint density at radius 1 is 1.19 bits per heavy atom. The summed E-state index contributed by atoms with van der Waals surface area (Å²) in [5.74, 6) is -0.0477. The first-order valence-corrected chi connectivity index (χ1v) is 12.1. The number of aromatic amines is 1. The second-order valence-corrected chi connectivity index (χ2v) is 10.1. The number of aryl methyl sites for hydroxylation is 1. The summed E-state index contributed by atoms with van der Waals surface area (Å²) < 4.78 is 29.3. The summed E-state index contributed by atoms with van der Waals surface area (Å²) in [5.41, 5.74) is 5.81. The number of fused-ring (bicyclic) bond motifs is 5. The molecule has 1 aliphatic heterocycles. The fourth-order valence-electron chi connectivity index (χ4n) is 4.08. The molecule has 9 nitrogen and oxygen atoms in total. The lowest BCUT2D eigenvalue weighted by Gasteiger charge is -2.18. The van der Waals surface area contributed by atoms with Crippen LogP contribution in [0.5, 0.6) is 11.8 Å². The largest absolute Gasteiger partial charge is 0.420 e. The Balaban J connectivity index is 1.54. The van der Waals surface area contributed by atoms with Crippen LogP contribution in [0.15, 0.2) is 18.5 Å². The molecule has 1 aliphatic carbocycles. The van der Waals surface area contributed by atoms with E-state index >= 15 is 0 Å². The van der Waals surface area contributed by atoms with Crippen molar-refractivity contribution < 1.29 is 17.9 Å². The molecule has 0 radical (unpaired) electrons.